The first-order valence-electron chi connectivity index (χ1n) is 8.88. The van der Waals surface area contributed by atoms with Gasteiger partial charge in [0.2, 0.25) is 0 Å². The van der Waals surface area contributed by atoms with Gasteiger partial charge in [0.15, 0.2) is 12.7 Å². The van der Waals surface area contributed by atoms with Crippen LogP contribution in [0.3, 0.4) is 0 Å². The number of nitrogens with one attached hydrogen (secondary N) is 2. The summed E-state index contributed by atoms with van der Waals surface area (Å²) in [5, 5.41) is 4.70. The van der Waals surface area contributed by atoms with Crippen molar-refractivity contribution in [2.24, 2.45) is 0 Å². The molecular formula is C21H24N2O5. The summed E-state index contributed by atoms with van der Waals surface area (Å²) in [6.07, 6.45) is -1.13. The van der Waals surface area contributed by atoms with E-state index in [9.17, 15) is 14.4 Å². The van der Waals surface area contributed by atoms with Gasteiger partial charge in [0.05, 0.1) is 0 Å². The number of amides is 3. The molecule has 0 saturated carbocycles. The molecule has 0 bridgehead atoms. The number of hydrogen-bond donors (Lipinski definition) is 2. The summed E-state index contributed by atoms with van der Waals surface area (Å²) in [6, 6.07) is 14.2. The van der Waals surface area contributed by atoms with E-state index >= 15 is 0 Å². The summed E-state index contributed by atoms with van der Waals surface area (Å²) in [5.41, 5.74) is 2.69. The van der Waals surface area contributed by atoms with Gasteiger partial charge in [-0.3, -0.25) is 10.1 Å². The van der Waals surface area contributed by atoms with Crippen molar-refractivity contribution in [3.8, 4) is 5.75 Å². The molecule has 0 radical (unpaired) electrons. The topological polar surface area (TPSA) is 93.7 Å². The van der Waals surface area contributed by atoms with Crippen LogP contribution in [0.15, 0.2) is 48.5 Å². The predicted molar refractivity (Wildman–Crippen MR) is 104 cm³/mol. The number of para-hydroxylation sites is 1. The summed E-state index contributed by atoms with van der Waals surface area (Å²) in [5.74, 6) is -0.808. The smallest absolute Gasteiger partial charge is 0.344 e. The molecule has 0 aromatic heterocycles. The number of ether oxygens (including phenoxy) is 2. The number of carbonyl (C=O) groups excluding carboxylic acids is 3. The number of hydrogen-bond acceptors (Lipinski definition) is 5. The van der Waals surface area contributed by atoms with Crippen LogP contribution in [0, 0.1) is 13.8 Å². The summed E-state index contributed by atoms with van der Waals surface area (Å²) in [7, 11) is 0. The van der Waals surface area contributed by atoms with Crippen LogP contribution in [0.1, 0.15) is 23.6 Å². The second-order valence-electron chi connectivity index (χ2n) is 6.30. The van der Waals surface area contributed by atoms with Crippen molar-refractivity contribution >= 4 is 17.9 Å². The van der Waals surface area contributed by atoms with Crippen molar-refractivity contribution in [2.75, 3.05) is 6.61 Å². The molecule has 2 rings (SSSR count). The van der Waals surface area contributed by atoms with E-state index in [2.05, 4.69) is 10.6 Å². The molecule has 2 aromatic carbocycles. The minimum atomic E-state index is -1.13. The van der Waals surface area contributed by atoms with Gasteiger partial charge in [-0.25, -0.2) is 9.59 Å². The minimum absolute atomic E-state index is 0.276. The third-order valence-corrected chi connectivity index (χ3v) is 3.95. The van der Waals surface area contributed by atoms with Crippen LogP contribution < -0.4 is 15.4 Å². The number of aryl methyl sites for hydroxylation is 2. The highest BCUT2D eigenvalue weighted by Crippen LogP contribution is 2.22. The van der Waals surface area contributed by atoms with Crippen LogP contribution in [-0.4, -0.2) is 30.6 Å². The first-order chi connectivity index (χ1) is 13.4. The minimum Gasteiger partial charge on any atom is -0.481 e. The van der Waals surface area contributed by atoms with Crippen molar-refractivity contribution in [1.29, 1.82) is 0 Å². The SMILES string of the molecule is Cc1cccc(C)c1OCC(=O)OC(C)C(=O)NC(=O)NCc1ccccc1. The largest absolute Gasteiger partial charge is 0.481 e. The van der Waals surface area contributed by atoms with Crippen LogP contribution >= 0.6 is 0 Å². The van der Waals surface area contributed by atoms with Crippen LogP contribution in [0.25, 0.3) is 0 Å². The molecule has 0 spiro atoms. The first-order valence-corrected chi connectivity index (χ1v) is 8.88. The third kappa shape index (κ3) is 6.42. The molecule has 2 N–H and O–H groups in total. The number of esters is 1. The van der Waals surface area contributed by atoms with Crippen molar-refractivity contribution in [1.82, 2.24) is 10.6 Å². The average Bonchev–Trinajstić information content (AvgIpc) is 2.66. The van der Waals surface area contributed by atoms with Crippen molar-refractivity contribution in [3.05, 3.63) is 65.2 Å². The van der Waals surface area contributed by atoms with E-state index in [0.29, 0.717) is 5.75 Å². The molecule has 0 aliphatic rings. The second-order valence-corrected chi connectivity index (χ2v) is 6.30. The molecule has 0 aliphatic carbocycles. The van der Waals surface area contributed by atoms with Crippen LogP contribution in [0.5, 0.6) is 5.75 Å². The Morgan fingerprint density at radius 2 is 1.61 bits per heavy atom. The molecule has 1 unspecified atom stereocenters. The van der Waals surface area contributed by atoms with Gasteiger partial charge in [-0.2, -0.15) is 0 Å². The highest BCUT2D eigenvalue weighted by molar-refractivity contribution is 5.97. The zero-order valence-electron chi connectivity index (χ0n) is 16.2. The quantitative estimate of drug-likeness (QED) is 0.716. The molecule has 0 saturated heterocycles. The first kappa shape index (κ1) is 21.0. The normalized spacial score (nSPS) is 11.2. The van der Waals surface area contributed by atoms with E-state index in [-0.39, 0.29) is 13.2 Å². The number of benzene rings is 2. The van der Waals surface area contributed by atoms with Crippen LogP contribution in [0.4, 0.5) is 4.79 Å². The fourth-order valence-electron chi connectivity index (χ4n) is 2.48. The summed E-state index contributed by atoms with van der Waals surface area (Å²) >= 11 is 0. The standard InChI is InChI=1S/C21H24N2O5/c1-14-8-7-9-15(2)19(14)27-13-18(24)28-16(3)20(25)23-21(26)22-12-17-10-5-4-6-11-17/h4-11,16H,12-13H2,1-3H3,(H2,22,23,25,26). The van der Waals surface area contributed by atoms with Gasteiger partial charge in [-0.15, -0.1) is 0 Å². The lowest BCUT2D eigenvalue weighted by molar-refractivity contribution is -0.156. The van der Waals surface area contributed by atoms with E-state index in [1.807, 2.05) is 62.4 Å². The Labute approximate surface area is 164 Å². The molecule has 0 aliphatic heterocycles. The highest BCUT2D eigenvalue weighted by atomic mass is 16.6. The monoisotopic (exact) mass is 384 g/mol. The number of rotatable bonds is 7. The lowest BCUT2D eigenvalue weighted by atomic mass is 10.1. The van der Waals surface area contributed by atoms with E-state index < -0.39 is 24.0 Å². The van der Waals surface area contributed by atoms with Gasteiger partial charge in [0.1, 0.15) is 5.75 Å². The van der Waals surface area contributed by atoms with Gasteiger partial charge >= 0.3 is 12.0 Å². The maximum absolute atomic E-state index is 12.0. The Morgan fingerprint density at radius 1 is 0.964 bits per heavy atom. The van der Waals surface area contributed by atoms with Crippen molar-refractivity contribution < 1.29 is 23.9 Å². The maximum Gasteiger partial charge on any atom is 0.344 e. The Kier molecular flexibility index (Phi) is 7.56. The van der Waals surface area contributed by atoms with E-state index in [4.69, 9.17) is 9.47 Å². The van der Waals surface area contributed by atoms with Crippen LogP contribution in [0.2, 0.25) is 0 Å². The molecule has 0 heterocycles. The molecular weight excluding hydrogens is 360 g/mol. The van der Waals surface area contributed by atoms with Gasteiger partial charge < -0.3 is 14.8 Å². The summed E-state index contributed by atoms with van der Waals surface area (Å²) in [4.78, 5) is 35.7. The molecule has 148 valence electrons. The average molecular weight is 384 g/mol. The summed E-state index contributed by atoms with van der Waals surface area (Å²) < 4.78 is 10.5. The molecule has 28 heavy (non-hydrogen) atoms. The Hall–Kier alpha value is -3.35. The number of imide groups is 1. The Balaban J connectivity index is 1.75. The van der Waals surface area contributed by atoms with Gasteiger partial charge in [0, 0.05) is 6.54 Å². The zero-order valence-corrected chi connectivity index (χ0v) is 16.2. The number of urea groups is 1. The molecule has 7 nitrogen and oxygen atoms in total. The van der Waals surface area contributed by atoms with E-state index in [1.54, 1.807) is 0 Å². The molecule has 1 atom stereocenters. The van der Waals surface area contributed by atoms with Gasteiger partial charge in [0.25, 0.3) is 5.91 Å². The van der Waals surface area contributed by atoms with E-state index in [1.165, 1.54) is 6.92 Å². The van der Waals surface area contributed by atoms with Crippen LogP contribution in [-0.2, 0) is 20.9 Å². The van der Waals surface area contributed by atoms with Crippen molar-refractivity contribution in [2.45, 2.75) is 33.4 Å². The predicted octanol–water partition coefficient (Wildman–Crippen LogP) is 2.64. The third-order valence-electron chi connectivity index (χ3n) is 3.95. The molecule has 7 heteroatoms. The van der Waals surface area contributed by atoms with E-state index in [0.717, 1.165) is 16.7 Å². The fourth-order valence-corrected chi connectivity index (χ4v) is 2.48. The zero-order chi connectivity index (χ0) is 20.5. The Bertz CT molecular complexity index is 816. The number of carbonyl (C=O) groups is 3. The Morgan fingerprint density at radius 3 is 2.25 bits per heavy atom. The maximum atomic E-state index is 12.0. The van der Waals surface area contributed by atoms with Crippen molar-refractivity contribution in [3.63, 3.8) is 0 Å². The molecule has 2 aromatic rings. The van der Waals surface area contributed by atoms with Gasteiger partial charge in [-0.05, 0) is 37.5 Å². The summed E-state index contributed by atoms with van der Waals surface area (Å²) in [6.45, 7) is 5.08. The lowest BCUT2D eigenvalue weighted by Crippen LogP contribution is -2.44. The molecule has 3 amide bonds. The van der Waals surface area contributed by atoms with Gasteiger partial charge in [-0.1, -0.05) is 48.5 Å². The molecule has 0 fully saturated rings. The second kappa shape index (κ2) is 10.1. The highest BCUT2D eigenvalue weighted by Gasteiger charge is 2.20. The lowest BCUT2D eigenvalue weighted by Gasteiger charge is -2.15. The fraction of sp³-hybridized carbons (Fsp3) is 0.286.